The summed E-state index contributed by atoms with van der Waals surface area (Å²) in [6.45, 7) is 0.613. The molecule has 1 unspecified atom stereocenters. The average Bonchev–Trinajstić information content (AvgIpc) is 2.78. The number of nitrogen functional groups attached to an aromatic ring is 1. The van der Waals surface area contributed by atoms with Gasteiger partial charge in [0.25, 0.3) is 5.56 Å². The molecule has 0 aliphatic carbocycles. The van der Waals surface area contributed by atoms with Crippen molar-refractivity contribution in [1.29, 1.82) is 0 Å². The van der Waals surface area contributed by atoms with E-state index in [1.807, 2.05) is 0 Å². The van der Waals surface area contributed by atoms with E-state index in [4.69, 9.17) is 15.9 Å². The van der Waals surface area contributed by atoms with Gasteiger partial charge in [-0.1, -0.05) is 0 Å². The largest absolute Gasteiger partial charge is 0.396 e. The molecule has 1 atom stereocenters. The van der Waals surface area contributed by atoms with Gasteiger partial charge in [-0.2, -0.15) is 4.98 Å². The summed E-state index contributed by atoms with van der Waals surface area (Å²) in [7, 11) is 0. The van der Waals surface area contributed by atoms with Gasteiger partial charge in [-0.25, -0.2) is 4.98 Å². The first-order valence-electron chi connectivity index (χ1n) is 6.08. The van der Waals surface area contributed by atoms with E-state index in [2.05, 4.69) is 15.0 Å². The number of H-pyrrole nitrogens is 1. The average molecular weight is 267 g/mol. The van der Waals surface area contributed by atoms with E-state index in [0.29, 0.717) is 25.0 Å². The number of hydrogen-bond acceptors (Lipinski definition) is 6. The number of fused-ring (bicyclic) bond motifs is 1. The van der Waals surface area contributed by atoms with Crippen LogP contribution in [-0.4, -0.2) is 42.9 Å². The molecular formula is C11H17N5O3. The van der Waals surface area contributed by atoms with Crippen LogP contribution < -0.4 is 11.3 Å². The van der Waals surface area contributed by atoms with E-state index in [1.54, 1.807) is 4.57 Å². The molecule has 0 amide bonds. The summed E-state index contributed by atoms with van der Waals surface area (Å²) in [5.74, 6) is 0.0649. The van der Waals surface area contributed by atoms with Gasteiger partial charge in [-0.3, -0.25) is 9.78 Å². The topological polar surface area (TPSA) is 130 Å². The van der Waals surface area contributed by atoms with Crippen molar-refractivity contribution in [3.8, 4) is 0 Å². The number of aromatic amines is 1. The van der Waals surface area contributed by atoms with Gasteiger partial charge < -0.3 is 20.5 Å². The second kappa shape index (κ2) is 5.81. The lowest BCUT2D eigenvalue weighted by atomic mass is 10.0. The lowest BCUT2D eigenvalue weighted by Crippen LogP contribution is -2.14. The maximum Gasteiger partial charge on any atom is 0.280 e. The number of aromatic nitrogens is 4. The fraction of sp³-hybridized carbons (Fsp3) is 0.545. The second-order valence-corrected chi connectivity index (χ2v) is 4.41. The minimum Gasteiger partial charge on any atom is -0.396 e. The van der Waals surface area contributed by atoms with Gasteiger partial charge in [-0.05, 0) is 18.8 Å². The van der Waals surface area contributed by atoms with Gasteiger partial charge in [0, 0.05) is 19.8 Å². The number of anilines is 1. The Morgan fingerprint density at radius 2 is 2.21 bits per heavy atom. The van der Waals surface area contributed by atoms with Gasteiger partial charge in [0.1, 0.15) is 0 Å². The first-order chi connectivity index (χ1) is 9.15. The van der Waals surface area contributed by atoms with Crippen molar-refractivity contribution in [1.82, 2.24) is 19.5 Å². The van der Waals surface area contributed by atoms with E-state index in [-0.39, 0.29) is 36.2 Å². The van der Waals surface area contributed by atoms with Crippen LogP contribution in [0.2, 0.25) is 0 Å². The van der Waals surface area contributed by atoms with Crippen molar-refractivity contribution >= 4 is 17.1 Å². The second-order valence-electron chi connectivity index (χ2n) is 4.41. The van der Waals surface area contributed by atoms with E-state index in [1.165, 1.54) is 6.33 Å². The third-order valence-corrected chi connectivity index (χ3v) is 3.07. The van der Waals surface area contributed by atoms with Crippen molar-refractivity contribution in [2.45, 2.75) is 19.4 Å². The number of aliphatic hydroxyl groups is 2. The fourth-order valence-corrected chi connectivity index (χ4v) is 1.97. The highest BCUT2D eigenvalue weighted by Gasteiger charge is 2.11. The molecule has 2 rings (SSSR count). The maximum absolute atomic E-state index is 11.6. The zero-order valence-corrected chi connectivity index (χ0v) is 10.4. The Morgan fingerprint density at radius 3 is 2.89 bits per heavy atom. The third-order valence-electron chi connectivity index (χ3n) is 3.07. The molecule has 0 saturated heterocycles. The van der Waals surface area contributed by atoms with Crippen LogP contribution in [0.1, 0.15) is 12.8 Å². The van der Waals surface area contributed by atoms with E-state index in [0.717, 1.165) is 0 Å². The van der Waals surface area contributed by atoms with Crippen molar-refractivity contribution in [3.05, 3.63) is 16.7 Å². The summed E-state index contributed by atoms with van der Waals surface area (Å²) in [5.41, 5.74) is 5.82. The van der Waals surface area contributed by atoms with Gasteiger partial charge in [0.2, 0.25) is 5.95 Å². The molecule has 8 nitrogen and oxygen atoms in total. The molecule has 2 aromatic rings. The Hall–Kier alpha value is -1.93. The SMILES string of the molecule is Nc1nc2c(ncn2CCC(CO)CCO)c(=O)[nH]1. The molecule has 0 aliphatic heterocycles. The first kappa shape index (κ1) is 13.5. The van der Waals surface area contributed by atoms with Crippen molar-refractivity contribution in [3.63, 3.8) is 0 Å². The van der Waals surface area contributed by atoms with E-state index < -0.39 is 0 Å². The standard InChI is InChI=1S/C11H17N5O3/c12-11-14-9-8(10(19)15-11)13-6-16(9)3-1-7(5-18)2-4-17/h6-7,17-18H,1-5H2,(H3,12,14,15,19). The lowest BCUT2D eigenvalue weighted by molar-refractivity contribution is 0.173. The lowest BCUT2D eigenvalue weighted by Gasteiger charge is -2.12. The Labute approximate surface area is 108 Å². The highest BCUT2D eigenvalue weighted by Crippen LogP contribution is 2.12. The fourth-order valence-electron chi connectivity index (χ4n) is 1.97. The molecule has 5 N–H and O–H groups in total. The quantitative estimate of drug-likeness (QED) is 0.535. The van der Waals surface area contributed by atoms with Crippen LogP contribution in [-0.2, 0) is 6.54 Å². The molecule has 0 bridgehead atoms. The summed E-state index contributed by atoms with van der Waals surface area (Å²) in [6.07, 6.45) is 2.73. The number of aryl methyl sites for hydroxylation is 1. The van der Waals surface area contributed by atoms with Crippen molar-refractivity contribution in [2.75, 3.05) is 18.9 Å². The third kappa shape index (κ3) is 2.91. The smallest absolute Gasteiger partial charge is 0.280 e. The molecule has 8 heteroatoms. The van der Waals surface area contributed by atoms with Crippen LogP contribution >= 0.6 is 0 Å². The Morgan fingerprint density at radius 1 is 1.42 bits per heavy atom. The number of imidazole rings is 1. The Bertz CT molecular complexity index is 606. The number of nitrogens with two attached hydrogens (primary N) is 1. The zero-order chi connectivity index (χ0) is 13.8. The van der Waals surface area contributed by atoms with E-state index >= 15 is 0 Å². The molecular weight excluding hydrogens is 250 g/mol. The number of hydrogen-bond donors (Lipinski definition) is 4. The molecule has 104 valence electrons. The molecule has 0 aliphatic rings. The molecule has 0 saturated carbocycles. The van der Waals surface area contributed by atoms with Crippen molar-refractivity contribution in [2.24, 2.45) is 5.92 Å². The number of aliphatic hydroxyl groups excluding tert-OH is 2. The Kier molecular flexibility index (Phi) is 4.13. The van der Waals surface area contributed by atoms with E-state index in [9.17, 15) is 4.79 Å². The normalized spacial score (nSPS) is 12.9. The summed E-state index contributed by atoms with van der Waals surface area (Å²) < 4.78 is 1.72. The highest BCUT2D eigenvalue weighted by atomic mass is 16.3. The van der Waals surface area contributed by atoms with Gasteiger partial charge in [-0.15, -0.1) is 0 Å². The van der Waals surface area contributed by atoms with Crippen LogP contribution in [0.3, 0.4) is 0 Å². The zero-order valence-electron chi connectivity index (χ0n) is 10.4. The molecule has 2 aromatic heterocycles. The predicted molar refractivity (Wildman–Crippen MR) is 69.5 cm³/mol. The summed E-state index contributed by atoms with van der Waals surface area (Å²) in [4.78, 5) is 22.0. The first-order valence-corrected chi connectivity index (χ1v) is 6.08. The summed E-state index contributed by atoms with van der Waals surface area (Å²) in [5, 5.41) is 18.0. The van der Waals surface area contributed by atoms with Crippen LogP contribution in [0.4, 0.5) is 5.95 Å². The molecule has 19 heavy (non-hydrogen) atoms. The van der Waals surface area contributed by atoms with Gasteiger partial charge in [0.15, 0.2) is 11.2 Å². The highest BCUT2D eigenvalue weighted by molar-refractivity contribution is 5.70. The van der Waals surface area contributed by atoms with Gasteiger partial charge >= 0.3 is 0 Å². The Balaban J connectivity index is 2.19. The molecule has 0 spiro atoms. The minimum absolute atomic E-state index is 0.0155. The molecule has 0 fully saturated rings. The number of nitrogens with one attached hydrogen (secondary N) is 1. The number of nitrogens with zero attached hydrogens (tertiary/aromatic N) is 3. The molecule has 0 aromatic carbocycles. The monoisotopic (exact) mass is 267 g/mol. The van der Waals surface area contributed by atoms with Crippen LogP contribution in [0.5, 0.6) is 0 Å². The summed E-state index contributed by atoms with van der Waals surface area (Å²) >= 11 is 0. The predicted octanol–water partition coefficient (Wildman–Crippen LogP) is -0.917. The maximum atomic E-state index is 11.6. The number of rotatable bonds is 6. The minimum atomic E-state index is -0.365. The van der Waals surface area contributed by atoms with Crippen molar-refractivity contribution < 1.29 is 10.2 Å². The van der Waals surface area contributed by atoms with Crippen LogP contribution in [0.25, 0.3) is 11.2 Å². The van der Waals surface area contributed by atoms with Crippen LogP contribution in [0.15, 0.2) is 11.1 Å². The molecule has 0 radical (unpaired) electrons. The van der Waals surface area contributed by atoms with Crippen LogP contribution in [0, 0.1) is 5.92 Å². The summed E-state index contributed by atoms with van der Waals surface area (Å²) in [6, 6.07) is 0. The van der Waals surface area contributed by atoms with Gasteiger partial charge in [0.05, 0.1) is 6.33 Å². The molecule has 2 heterocycles.